The van der Waals surface area contributed by atoms with E-state index in [2.05, 4.69) is 6.92 Å². The molecular weight excluding hydrogens is 283 g/mol. The van der Waals surface area contributed by atoms with Crippen molar-refractivity contribution in [3.8, 4) is 5.75 Å². The first kappa shape index (κ1) is 21.7. The topological polar surface area (TPSA) is 37.3 Å². The van der Waals surface area contributed by atoms with Gasteiger partial charge in [-0.1, -0.05) is 64.5 Å². The summed E-state index contributed by atoms with van der Waals surface area (Å²) < 4.78 is 0. The van der Waals surface area contributed by atoms with E-state index in [9.17, 15) is 9.90 Å². The van der Waals surface area contributed by atoms with Gasteiger partial charge in [-0.3, -0.25) is 4.79 Å². The molecule has 0 aromatic heterocycles. The molecule has 0 radical (unpaired) electrons. The molecule has 2 nitrogen and oxygen atoms in total. The summed E-state index contributed by atoms with van der Waals surface area (Å²) in [6.45, 7) is 4.24. The van der Waals surface area contributed by atoms with Gasteiger partial charge in [-0.05, 0) is 25.3 Å². The van der Waals surface area contributed by atoms with Gasteiger partial charge in [0.15, 0.2) is 5.78 Å². The van der Waals surface area contributed by atoms with Crippen molar-refractivity contribution in [1.29, 1.82) is 0 Å². The van der Waals surface area contributed by atoms with Crippen LogP contribution in [0.5, 0.6) is 5.75 Å². The summed E-state index contributed by atoms with van der Waals surface area (Å²) in [5.74, 6) is 0.439. The zero-order chi connectivity index (χ0) is 15.5. The molecule has 22 heavy (non-hydrogen) atoms. The predicted octanol–water partition coefficient (Wildman–Crippen LogP) is 5.02. The van der Waals surface area contributed by atoms with Crippen LogP contribution in [0, 0.1) is 0 Å². The second kappa shape index (κ2) is 13.2. The molecule has 0 amide bonds. The van der Waals surface area contributed by atoms with Crippen molar-refractivity contribution in [2.24, 2.45) is 0 Å². The summed E-state index contributed by atoms with van der Waals surface area (Å²) in [7, 11) is 0. The third-order valence-electron chi connectivity index (χ3n) is 3.96. The quantitative estimate of drug-likeness (QED) is 0.354. The Morgan fingerprint density at radius 1 is 0.955 bits per heavy atom. The van der Waals surface area contributed by atoms with Crippen LogP contribution < -0.4 is 0 Å². The van der Waals surface area contributed by atoms with Crippen LogP contribution in [-0.4, -0.2) is 40.4 Å². The van der Waals surface area contributed by atoms with Crippen LogP contribution in [-0.2, 0) is 6.42 Å². The van der Waals surface area contributed by atoms with Gasteiger partial charge in [0, 0.05) is 17.5 Å². The van der Waals surface area contributed by atoms with Crippen LogP contribution in [0.1, 0.15) is 87.6 Å². The first-order valence-electron chi connectivity index (χ1n) is 8.54. The Hall–Kier alpha value is -0.310. The van der Waals surface area contributed by atoms with E-state index in [0.717, 1.165) is 30.4 Å². The summed E-state index contributed by atoms with van der Waals surface area (Å²) in [5, 5.41) is 10.0. The molecular formula is C19H31NaO2. The Balaban J connectivity index is 0.00000441. The number of carbonyl (C=O) groups excluding carboxylic acids is 1. The molecule has 0 atom stereocenters. The minimum atomic E-state index is 0. The number of hydrogen-bond donors (Lipinski definition) is 1. The molecule has 0 bridgehead atoms. The van der Waals surface area contributed by atoms with Crippen molar-refractivity contribution in [3.05, 3.63) is 29.3 Å². The molecule has 1 aromatic carbocycles. The van der Waals surface area contributed by atoms with Gasteiger partial charge in [0.2, 0.25) is 0 Å². The van der Waals surface area contributed by atoms with Crippen LogP contribution in [0.3, 0.4) is 0 Å². The number of unbranched alkanes of at least 4 members (excludes halogenated alkanes) is 6. The molecule has 0 fully saturated rings. The van der Waals surface area contributed by atoms with E-state index in [1.807, 2.05) is 13.0 Å². The van der Waals surface area contributed by atoms with Crippen LogP contribution in [0.2, 0.25) is 0 Å². The van der Waals surface area contributed by atoms with Gasteiger partial charge in [-0.25, -0.2) is 0 Å². The Labute approximate surface area is 158 Å². The molecule has 1 N–H and O–H groups in total. The molecule has 120 valence electrons. The maximum absolute atomic E-state index is 12.1. The van der Waals surface area contributed by atoms with Crippen LogP contribution >= 0.6 is 0 Å². The number of phenols is 1. The van der Waals surface area contributed by atoms with Crippen LogP contribution in [0.15, 0.2) is 18.2 Å². The zero-order valence-corrected chi connectivity index (χ0v) is 13.7. The standard InChI is InChI=1S/C19H30O2.Na.H/c1-3-5-6-7-8-9-10-13-16-17(18(20)12-4-2)14-11-15-19(16)21;;/h11,14-15,21H,3-10,12-13H2,1-2H3;;. The Kier molecular flexibility index (Phi) is 13.0. The molecule has 0 spiro atoms. The van der Waals surface area contributed by atoms with Gasteiger partial charge in [0.25, 0.3) is 0 Å². The number of ketones is 1. The third kappa shape index (κ3) is 7.80. The van der Waals surface area contributed by atoms with Crippen molar-refractivity contribution >= 4 is 35.3 Å². The second-order valence-corrected chi connectivity index (χ2v) is 5.85. The fourth-order valence-corrected chi connectivity index (χ4v) is 2.72. The Morgan fingerprint density at radius 3 is 2.23 bits per heavy atom. The van der Waals surface area contributed by atoms with E-state index in [4.69, 9.17) is 0 Å². The molecule has 0 heterocycles. The molecule has 0 aliphatic carbocycles. The van der Waals surface area contributed by atoms with E-state index in [1.165, 1.54) is 38.5 Å². The third-order valence-corrected chi connectivity index (χ3v) is 3.96. The van der Waals surface area contributed by atoms with E-state index < -0.39 is 0 Å². The van der Waals surface area contributed by atoms with Crippen molar-refractivity contribution in [1.82, 2.24) is 0 Å². The Morgan fingerprint density at radius 2 is 1.59 bits per heavy atom. The molecule has 0 unspecified atom stereocenters. The molecule has 1 aromatic rings. The van der Waals surface area contributed by atoms with Gasteiger partial charge < -0.3 is 5.11 Å². The number of benzene rings is 1. The van der Waals surface area contributed by atoms with Crippen LogP contribution in [0.4, 0.5) is 0 Å². The molecule has 0 saturated carbocycles. The van der Waals surface area contributed by atoms with Crippen molar-refractivity contribution in [2.45, 2.75) is 78.1 Å². The van der Waals surface area contributed by atoms with Crippen molar-refractivity contribution in [2.75, 3.05) is 0 Å². The summed E-state index contributed by atoms with van der Waals surface area (Å²) in [6.07, 6.45) is 10.9. The average molecular weight is 314 g/mol. The van der Waals surface area contributed by atoms with Gasteiger partial charge in [0.05, 0.1) is 0 Å². The average Bonchev–Trinajstić information content (AvgIpc) is 2.47. The number of phenolic OH excluding ortho intramolecular Hbond substituents is 1. The van der Waals surface area contributed by atoms with Crippen molar-refractivity contribution in [3.63, 3.8) is 0 Å². The number of hydrogen-bond acceptors (Lipinski definition) is 2. The number of aromatic hydroxyl groups is 1. The fraction of sp³-hybridized carbons (Fsp3) is 0.632. The van der Waals surface area contributed by atoms with E-state index in [-0.39, 0.29) is 41.1 Å². The maximum atomic E-state index is 12.1. The fourth-order valence-electron chi connectivity index (χ4n) is 2.72. The first-order chi connectivity index (χ1) is 10.2. The molecule has 1 rings (SSSR count). The van der Waals surface area contributed by atoms with E-state index in [1.54, 1.807) is 12.1 Å². The molecule has 0 saturated heterocycles. The number of Topliss-reactive ketones (excluding diaryl/α,β-unsaturated/α-hetero) is 1. The number of carbonyl (C=O) groups is 1. The van der Waals surface area contributed by atoms with Gasteiger partial charge >= 0.3 is 29.6 Å². The van der Waals surface area contributed by atoms with E-state index >= 15 is 0 Å². The van der Waals surface area contributed by atoms with Gasteiger partial charge in [-0.15, -0.1) is 0 Å². The summed E-state index contributed by atoms with van der Waals surface area (Å²) >= 11 is 0. The summed E-state index contributed by atoms with van der Waals surface area (Å²) in [5.41, 5.74) is 1.58. The molecule has 3 heteroatoms. The molecule has 0 aliphatic rings. The zero-order valence-electron chi connectivity index (χ0n) is 13.7. The summed E-state index contributed by atoms with van der Waals surface area (Å²) in [4.78, 5) is 12.1. The minimum absolute atomic E-state index is 0. The second-order valence-electron chi connectivity index (χ2n) is 5.85. The number of rotatable bonds is 11. The van der Waals surface area contributed by atoms with Crippen molar-refractivity contribution < 1.29 is 9.90 Å². The molecule has 0 aliphatic heterocycles. The monoisotopic (exact) mass is 314 g/mol. The van der Waals surface area contributed by atoms with Gasteiger partial charge in [0.1, 0.15) is 5.75 Å². The van der Waals surface area contributed by atoms with Crippen LogP contribution in [0.25, 0.3) is 0 Å². The summed E-state index contributed by atoms with van der Waals surface area (Å²) in [6, 6.07) is 5.32. The Bertz CT molecular complexity index is 429. The SMILES string of the molecule is CCCCCCCCCc1c(O)cccc1C(=O)CCC.[NaH]. The van der Waals surface area contributed by atoms with E-state index in [0.29, 0.717) is 6.42 Å². The van der Waals surface area contributed by atoms with Gasteiger partial charge in [-0.2, -0.15) is 0 Å². The first-order valence-corrected chi connectivity index (χ1v) is 8.54. The predicted molar refractivity (Wildman–Crippen MR) is 96.2 cm³/mol. The normalized spacial score (nSPS) is 10.3.